The number of carbonyl (C=O) groups is 1. The molecule has 3 heterocycles. The van der Waals surface area contributed by atoms with Crippen molar-refractivity contribution in [3.8, 4) is 11.4 Å². The number of hydrogen-bond acceptors (Lipinski definition) is 7. The van der Waals surface area contributed by atoms with Crippen molar-refractivity contribution in [3.05, 3.63) is 35.5 Å². The summed E-state index contributed by atoms with van der Waals surface area (Å²) in [5, 5.41) is 5.11. The van der Waals surface area contributed by atoms with Gasteiger partial charge in [0.25, 0.3) is 0 Å². The number of urea groups is 1. The van der Waals surface area contributed by atoms with E-state index in [4.69, 9.17) is 14.7 Å². The summed E-state index contributed by atoms with van der Waals surface area (Å²) in [6.07, 6.45) is 2.45. The third-order valence-corrected chi connectivity index (χ3v) is 8.61. The van der Waals surface area contributed by atoms with Crippen LogP contribution in [0.25, 0.3) is 11.4 Å². The van der Waals surface area contributed by atoms with Crippen molar-refractivity contribution in [1.82, 2.24) is 15.3 Å². The number of nitrogens with zero attached hydrogens (tertiary/aromatic N) is 3. The first-order valence-corrected chi connectivity index (χ1v) is 13.2. The molecule has 33 heavy (non-hydrogen) atoms. The van der Waals surface area contributed by atoms with Gasteiger partial charge in [-0.3, -0.25) is 0 Å². The third kappa shape index (κ3) is 4.54. The predicted molar refractivity (Wildman–Crippen MR) is 126 cm³/mol. The largest absolute Gasteiger partial charge is 0.377 e. The second kappa shape index (κ2) is 8.57. The highest BCUT2D eigenvalue weighted by Gasteiger charge is 2.37. The van der Waals surface area contributed by atoms with E-state index in [2.05, 4.69) is 22.5 Å². The number of anilines is 2. The van der Waals surface area contributed by atoms with Gasteiger partial charge in [-0.2, -0.15) is 0 Å². The Morgan fingerprint density at radius 3 is 2.61 bits per heavy atom. The fourth-order valence-corrected chi connectivity index (χ4v) is 5.81. The highest BCUT2D eigenvalue weighted by atomic mass is 32.2. The Bertz CT molecular complexity index is 1160. The molecule has 10 heteroatoms. The minimum atomic E-state index is -3.24. The highest BCUT2D eigenvalue weighted by molar-refractivity contribution is 7.91. The molecule has 1 saturated heterocycles. The first-order chi connectivity index (χ1) is 15.8. The molecule has 1 aromatic heterocycles. The van der Waals surface area contributed by atoms with E-state index < -0.39 is 15.1 Å². The van der Waals surface area contributed by atoms with Crippen LogP contribution in [0.2, 0.25) is 0 Å². The average Bonchev–Trinajstić information content (AvgIpc) is 3.60. The number of fused-ring (bicyclic) bond motifs is 1. The van der Waals surface area contributed by atoms with E-state index in [0.29, 0.717) is 55.1 Å². The van der Waals surface area contributed by atoms with Crippen molar-refractivity contribution < 1.29 is 17.9 Å². The standard InChI is InChI=1S/C23H29N5O4S/c1-14-13-32-11-10-28(14)22-20-15(2)33(30,31)12-9-19(20)26-21(27-22)16-3-5-17(6-4-16)24-23(29)25-18-7-8-18/h3-6,14-15,18H,7-13H2,1-2H3,(H2,24,25,29)/t14-,15?/m0/s1. The number of benzene rings is 1. The molecule has 1 aromatic carbocycles. The lowest BCUT2D eigenvalue weighted by atomic mass is 10.1. The Labute approximate surface area is 193 Å². The second-order valence-electron chi connectivity index (χ2n) is 9.06. The van der Waals surface area contributed by atoms with E-state index in [1.807, 2.05) is 24.3 Å². The number of carbonyl (C=O) groups excluding carboxylic acids is 1. The van der Waals surface area contributed by atoms with Crippen LogP contribution in [0.5, 0.6) is 0 Å². The zero-order chi connectivity index (χ0) is 23.2. The Balaban J connectivity index is 1.49. The molecule has 2 atom stereocenters. The van der Waals surface area contributed by atoms with Gasteiger partial charge in [-0.1, -0.05) is 0 Å². The molecule has 2 fully saturated rings. The molecule has 1 saturated carbocycles. The number of sulfone groups is 1. The van der Waals surface area contributed by atoms with Gasteiger partial charge in [-0.05, 0) is 51.0 Å². The molecule has 2 amide bonds. The van der Waals surface area contributed by atoms with E-state index in [9.17, 15) is 13.2 Å². The summed E-state index contributed by atoms with van der Waals surface area (Å²) < 4.78 is 30.9. The maximum atomic E-state index is 12.7. The maximum absolute atomic E-state index is 12.7. The van der Waals surface area contributed by atoms with Gasteiger partial charge in [-0.25, -0.2) is 23.2 Å². The van der Waals surface area contributed by atoms with Crippen LogP contribution in [0.3, 0.4) is 0 Å². The second-order valence-corrected chi connectivity index (χ2v) is 11.5. The van der Waals surface area contributed by atoms with E-state index in [-0.39, 0.29) is 17.8 Å². The van der Waals surface area contributed by atoms with E-state index >= 15 is 0 Å². The molecule has 2 aliphatic heterocycles. The molecule has 2 aromatic rings. The molecule has 1 aliphatic carbocycles. The predicted octanol–water partition coefficient (Wildman–Crippen LogP) is 2.68. The number of ether oxygens (including phenoxy) is 1. The monoisotopic (exact) mass is 471 g/mol. The summed E-state index contributed by atoms with van der Waals surface area (Å²) >= 11 is 0. The van der Waals surface area contributed by atoms with Gasteiger partial charge in [0.15, 0.2) is 15.7 Å². The van der Waals surface area contributed by atoms with Gasteiger partial charge in [0.1, 0.15) is 5.82 Å². The van der Waals surface area contributed by atoms with Gasteiger partial charge < -0.3 is 20.3 Å². The number of rotatable bonds is 4. The van der Waals surface area contributed by atoms with Crippen molar-refractivity contribution in [2.75, 3.05) is 35.7 Å². The van der Waals surface area contributed by atoms with Crippen LogP contribution in [0.1, 0.15) is 43.2 Å². The van der Waals surface area contributed by atoms with Gasteiger partial charge in [0.05, 0.1) is 36.0 Å². The molecule has 176 valence electrons. The summed E-state index contributed by atoms with van der Waals surface area (Å²) in [4.78, 5) is 23.8. The smallest absolute Gasteiger partial charge is 0.319 e. The van der Waals surface area contributed by atoms with Crippen LogP contribution in [-0.4, -0.2) is 62.0 Å². The van der Waals surface area contributed by atoms with Crippen LogP contribution in [0.4, 0.5) is 16.3 Å². The molecule has 5 rings (SSSR count). The number of aryl methyl sites for hydroxylation is 1. The first kappa shape index (κ1) is 22.1. The molecule has 0 bridgehead atoms. The lowest BCUT2D eigenvalue weighted by Crippen LogP contribution is -2.45. The van der Waals surface area contributed by atoms with Crippen molar-refractivity contribution in [2.24, 2.45) is 0 Å². The summed E-state index contributed by atoms with van der Waals surface area (Å²) in [6, 6.07) is 7.59. The van der Waals surface area contributed by atoms with Crippen molar-refractivity contribution >= 4 is 27.4 Å². The fraction of sp³-hybridized carbons (Fsp3) is 0.522. The van der Waals surface area contributed by atoms with Gasteiger partial charge in [0.2, 0.25) is 0 Å². The van der Waals surface area contributed by atoms with Gasteiger partial charge in [0, 0.05) is 35.8 Å². The van der Waals surface area contributed by atoms with Crippen molar-refractivity contribution in [1.29, 1.82) is 0 Å². The summed E-state index contributed by atoms with van der Waals surface area (Å²) in [5.41, 5.74) is 3.02. The van der Waals surface area contributed by atoms with Crippen molar-refractivity contribution in [3.63, 3.8) is 0 Å². The molecule has 0 radical (unpaired) electrons. The molecule has 0 spiro atoms. The molecule has 9 nitrogen and oxygen atoms in total. The third-order valence-electron chi connectivity index (χ3n) is 6.53. The number of morpholine rings is 1. The van der Waals surface area contributed by atoms with Crippen LogP contribution in [-0.2, 0) is 21.0 Å². The van der Waals surface area contributed by atoms with Crippen LogP contribution in [0, 0.1) is 0 Å². The highest BCUT2D eigenvalue weighted by Crippen LogP contribution is 2.39. The van der Waals surface area contributed by atoms with Crippen LogP contribution < -0.4 is 15.5 Å². The Hall–Kier alpha value is -2.72. The minimum absolute atomic E-state index is 0.0824. The van der Waals surface area contributed by atoms with E-state index in [0.717, 1.165) is 24.1 Å². The van der Waals surface area contributed by atoms with E-state index in [1.54, 1.807) is 6.92 Å². The Morgan fingerprint density at radius 2 is 1.91 bits per heavy atom. The molecule has 1 unspecified atom stereocenters. The molecule has 3 aliphatic rings. The summed E-state index contributed by atoms with van der Waals surface area (Å²) in [6.45, 7) is 5.58. The lowest BCUT2D eigenvalue weighted by molar-refractivity contribution is 0.0984. The lowest BCUT2D eigenvalue weighted by Gasteiger charge is -2.37. The number of nitrogens with one attached hydrogen (secondary N) is 2. The maximum Gasteiger partial charge on any atom is 0.319 e. The van der Waals surface area contributed by atoms with Gasteiger partial charge >= 0.3 is 6.03 Å². The van der Waals surface area contributed by atoms with Gasteiger partial charge in [-0.15, -0.1) is 0 Å². The number of aromatic nitrogens is 2. The van der Waals surface area contributed by atoms with Crippen LogP contribution in [0.15, 0.2) is 24.3 Å². The Kier molecular flexibility index (Phi) is 5.74. The molecular weight excluding hydrogens is 442 g/mol. The van der Waals surface area contributed by atoms with E-state index in [1.165, 1.54) is 0 Å². The average molecular weight is 472 g/mol. The number of amides is 2. The Morgan fingerprint density at radius 1 is 1.15 bits per heavy atom. The topological polar surface area (TPSA) is 114 Å². The zero-order valence-electron chi connectivity index (χ0n) is 18.9. The van der Waals surface area contributed by atoms with Crippen LogP contribution >= 0.6 is 0 Å². The summed E-state index contributed by atoms with van der Waals surface area (Å²) in [5.74, 6) is 1.34. The van der Waals surface area contributed by atoms with Crippen molar-refractivity contribution in [2.45, 2.75) is 50.4 Å². The zero-order valence-corrected chi connectivity index (χ0v) is 19.7. The quantitative estimate of drug-likeness (QED) is 0.705. The minimum Gasteiger partial charge on any atom is -0.377 e. The normalized spacial score (nSPS) is 24.1. The molecule has 2 N–H and O–H groups in total. The fourth-order valence-electron chi connectivity index (χ4n) is 4.38. The molecular formula is C23H29N5O4S. The first-order valence-electron chi connectivity index (χ1n) is 11.5. The summed E-state index contributed by atoms with van der Waals surface area (Å²) in [7, 11) is -3.24. The SMILES string of the molecule is CC1c2c(nc(-c3ccc(NC(=O)NC4CC4)cc3)nc2N2CCOC[C@@H]2C)CCS1(=O)=O. The number of hydrogen-bond donors (Lipinski definition) is 2.